The van der Waals surface area contributed by atoms with E-state index < -0.39 is 15.9 Å². The van der Waals surface area contributed by atoms with E-state index in [2.05, 4.69) is 5.32 Å². The highest BCUT2D eigenvalue weighted by Crippen LogP contribution is 2.30. The fourth-order valence-corrected chi connectivity index (χ4v) is 4.50. The van der Waals surface area contributed by atoms with Gasteiger partial charge >= 0.3 is 0 Å². The first kappa shape index (κ1) is 21.4. The van der Waals surface area contributed by atoms with Crippen molar-refractivity contribution in [3.05, 3.63) is 47.0 Å². The van der Waals surface area contributed by atoms with Crippen LogP contribution in [0.15, 0.2) is 41.3 Å². The van der Waals surface area contributed by atoms with Gasteiger partial charge in [-0.3, -0.25) is 4.79 Å². The van der Waals surface area contributed by atoms with E-state index in [4.69, 9.17) is 25.8 Å². The number of ether oxygens (including phenoxy) is 3. The van der Waals surface area contributed by atoms with Crippen LogP contribution < -0.4 is 14.8 Å². The van der Waals surface area contributed by atoms with Gasteiger partial charge in [-0.1, -0.05) is 11.6 Å². The third-order valence-electron chi connectivity index (χ3n) is 4.45. The molecule has 3 rings (SSSR count). The summed E-state index contributed by atoms with van der Waals surface area (Å²) >= 11 is 6.17. The van der Waals surface area contributed by atoms with E-state index in [1.165, 1.54) is 36.7 Å². The van der Waals surface area contributed by atoms with Crippen LogP contribution in [0.1, 0.15) is 10.4 Å². The van der Waals surface area contributed by atoms with Gasteiger partial charge in [0, 0.05) is 19.2 Å². The van der Waals surface area contributed by atoms with E-state index in [1.807, 2.05) is 0 Å². The Hall–Kier alpha value is -2.33. The van der Waals surface area contributed by atoms with Gasteiger partial charge in [-0.25, -0.2) is 8.42 Å². The smallest absolute Gasteiger partial charge is 0.257 e. The van der Waals surface area contributed by atoms with Crippen molar-refractivity contribution in [2.24, 2.45) is 0 Å². The number of rotatable bonds is 6. The van der Waals surface area contributed by atoms with Crippen LogP contribution >= 0.6 is 11.6 Å². The molecule has 1 heterocycles. The molecule has 0 spiro atoms. The second kappa shape index (κ2) is 9.00. The largest absolute Gasteiger partial charge is 0.497 e. The number of halogens is 1. The molecule has 0 unspecified atom stereocenters. The molecule has 1 saturated heterocycles. The Morgan fingerprint density at radius 2 is 1.83 bits per heavy atom. The highest BCUT2D eigenvalue weighted by Gasteiger charge is 2.27. The summed E-state index contributed by atoms with van der Waals surface area (Å²) in [5.74, 6) is 0.403. The maximum absolute atomic E-state index is 12.9. The molecular weight excluding hydrogens is 420 g/mol. The van der Waals surface area contributed by atoms with Crippen LogP contribution in [0.25, 0.3) is 0 Å². The number of methoxy groups -OCH3 is 2. The molecule has 0 radical (unpaired) electrons. The molecule has 1 aliphatic heterocycles. The van der Waals surface area contributed by atoms with Gasteiger partial charge in [0.1, 0.15) is 11.5 Å². The Morgan fingerprint density at radius 3 is 2.48 bits per heavy atom. The summed E-state index contributed by atoms with van der Waals surface area (Å²) in [6.45, 7) is 1.18. The molecule has 1 N–H and O–H groups in total. The van der Waals surface area contributed by atoms with Crippen molar-refractivity contribution in [2.75, 3.05) is 45.8 Å². The van der Waals surface area contributed by atoms with Crippen molar-refractivity contribution in [1.82, 2.24) is 4.31 Å². The first-order valence-electron chi connectivity index (χ1n) is 8.77. The van der Waals surface area contributed by atoms with Gasteiger partial charge in [-0.05, 0) is 30.3 Å². The van der Waals surface area contributed by atoms with E-state index in [0.29, 0.717) is 30.4 Å². The summed E-state index contributed by atoms with van der Waals surface area (Å²) in [6, 6.07) is 8.97. The minimum Gasteiger partial charge on any atom is -0.497 e. The monoisotopic (exact) mass is 440 g/mol. The number of morpholine rings is 1. The van der Waals surface area contributed by atoms with E-state index in [9.17, 15) is 13.2 Å². The molecule has 0 saturated carbocycles. The van der Waals surface area contributed by atoms with Crippen LogP contribution in [0, 0.1) is 0 Å². The van der Waals surface area contributed by atoms with Crippen molar-refractivity contribution < 1.29 is 27.4 Å². The first-order valence-corrected chi connectivity index (χ1v) is 10.6. The topological polar surface area (TPSA) is 94.2 Å². The predicted octanol–water partition coefficient (Wildman–Crippen LogP) is 2.63. The second-order valence-corrected chi connectivity index (χ2v) is 8.52. The molecule has 1 aliphatic rings. The highest BCUT2D eigenvalue weighted by molar-refractivity contribution is 7.89. The molecule has 29 heavy (non-hydrogen) atoms. The SMILES string of the molecule is COc1ccc(NC(=O)c2cc(S(=O)(=O)N3CCOCC3)ccc2Cl)c(OC)c1. The fraction of sp³-hybridized carbons (Fsp3) is 0.316. The normalized spacial score (nSPS) is 15.0. The molecule has 8 nitrogen and oxygen atoms in total. The summed E-state index contributed by atoms with van der Waals surface area (Å²) in [6.07, 6.45) is 0. The molecule has 0 atom stereocenters. The molecular formula is C19H21ClN2O6S. The van der Waals surface area contributed by atoms with E-state index in [0.717, 1.165) is 0 Å². The average molecular weight is 441 g/mol. The number of carbonyl (C=O) groups is 1. The third kappa shape index (κ3) is 4.64. The second-order valence-electron chi connectivity index (χ2n) is 6.18. The predicted molar refractivity (Wildman–Crippen MR) is 109 cm³/mol. The Kier molecular flexibility index (Phi) is 6.63. The lowest BCUT2D eigenvalue weighted by Crippen LogP contribution is -2.40. The Bertz CT molecular complexity index is 1010. The molecule has 0 aromatic heterocycles. The zero-order chi connectivity index (χ0) is 21.0. The van der Waals surface area contributed by atoms with Crippen molar-refractivity contribution >= 4 is 33.2 Å². The van der Waals surface area contributed by atoms with Gasteiger partial charge in [0.25, 0.3) is 5.91 Å². The number of anilines is 1. The van der Waals surface area contributed by atoms with Crippen LogP contribution in [0.5, 0.6) is 11.5 Å². The molecule has 10 heteroatoms. The van der Waals surface area contributed by atoms with Crippen molar-refractivity contribution in [2.45, 2.75) is 4.90 Å². The Morgan fingerprint density at radius 1 is 1.10 bits per heavy atom. The number of nitrogens with one attached hydrogen (secondary N) is 1. The minimum absolute atomic E-state index is 0.00403. The molecule has 1 amide bonds. The number of nitrogens with zero attached hydrogens (tertiary/aromatic N) is 1. The maximum Gasteiger partial charge on any atom is 0.257 e. The molecule has 0 aliphatic carbocycles. The van der Waals surface area contributed by atoms with Crippen LogP contribution in [0.2, 0.25) is 5.02 Å². The number of sulfonamides is 1. The average Bonchev–Trinajstić information content (AvgIpc) is 2.74. The standard InChI is InChI=1S/C19H21ClN2O6S/c1-26-13-3-6-17(18(11-13)27-2)21-19(23)15-12-14(4-5-16(15)20)29(24,25)22-7-9-28-10-8-22/h3-6,11-12H,7-10H2,1-2H3,(H,21,23). The zero-order valence-corrected chi connectivity index (χ0v) is 17.5. The number of hydrogen-bond donors (Lipinski definition) is 1. The number of hydrogen-bond acceptors (Lipinski definition) is 6. The van der Waals surface area contributed by atoms with Gasteiger partial charge in [0.15, 0.2) is 0 Å². The molecule has 0 bridgehead atoms. The lowest BCUT2D eigenvalue weighted by atomic mass is 10.2. The van der Waals surface area contributed by atoms with Crippen LogP contribution in [0.3, 0.4) is 0 Å². The van der Waals surface area contributed by atoms with Gasteiger partial charge in [0.05, 0.1) is 48.6 Å². The lowest BCUT2D eigenvalue weighted by molar-refractivity contribution is 0.0730. The van der Waals surface area contributed by atoms with Crippen LogP contribution in [-0.2, 0) is 14.8 Å². The van der Waals surface area contributed by atoms with Crippen LogP contribution in [-0.4, -0.2) is 59.2 Å². The van der Waals surface area contributed by atoms with Gasteiger partial charge in [0.2, 0.25) is 10.0 Å². The van der Waals surface area contributed by atoms with E-state index in [-0.39, 0.29) is 28.6 Å². The van der Waals surface area contributed by atoms with Gasteiger partial charge in [-0.2, -0.15) is 4.31 Å². The summed E-state index contributed by atoms with van der Waals surface area (Å²) in [5, 5.41) is 2.83. The molecule has 156 valence electrons. The van der Waals surface area contributed by atoms with Gasteiger partial charge < -0.3 is 19.5 Å². The maximum atomic E-state index is 12.9. The van der Waals surface area contributed by atoms with E-state index in [1.54, 1.807) is 18.2 Å². The Labute approximate surface area is 174 Å². The third-order valence-corrected chi connectivity index (χ3v) is 6.67. The number of carbonyl (C=O) groups excluding carboxylic acids is 1. The summed E-state index contributed by atoms with van der Waals surface area (Å²) in [4.78, 5) is 12.8. The number of benzene rings is 2. The molecule has 2 aromatic rings. The first-order chi connectivity index (χ1) is 13.9. The van der Waals surface area contributed by atoms with E-state index >= 15 is 0 Å². The summed E-state index contributed by atoms with van der Waals surface area (Å²) in [5.41, 5.74) is 0.440. The summed E-state index contributed by atoms with van der Waals surface area (Å²) < 4.78 is 42.7. The number of amides is 1. The van der Waals surface area contributed by atoms with Crippen molar-refractivity contribution in [3.63, 3.8) is 0 Å². The van der Waals surface area contributed by atoms with Crippen molar-refractivity contribution in [3.8, 4) is 11.5 Å². The molecule has 2 aromatic carbocycles. The summed E-state index contributed by atoms with van der Waals surface area (Å²) in [7, 11) is -0.770. The van der Waals surface area contributed by atoms with Crippen molar-refractivity contribution in [1.29, 1.82) is 0 Å². The molecule has 1 fully saturated rings. The zero-order valence-electron chi connectivity index (χ0n) is 16.0. The van der Waals surface area contributed by atoms with Crippen LogP contribution in [0.4, 0.5) is 5.69 Å². The highest BCUT2D eigenvalue weighted by atomic mass is 35.5. The fourth-order valence-electron chi connectivity index (χ4n) is 2.87. The Balaban J connectivity index is 1.89. The van der Waals surface area contributed by atoms with Gasteiger partial charge in [-0.15, -0.1) is 0 Å². The minimum atomic E-state index is -3.76. The quantitative estimate of drug-likeness (QED) is 0.742. The lowest BCUT2D eigenvalue weighted by Gasteiger charge is -2.26.